The van der Waals surface area contributed by atoms with Crippen LogP contribution >= 0.6 is 0 Å². The Morgan fingerprint density at radius 2 is 1.49 bits per heavy atom. The van der Waals surface area contributed by atoms with Crippen molar-refractivity contribution in [1.29, 1.82) is 0 Å². The van der Waals surface area contributed by atoms with Gasteiger partial charge in [-0.3, -0.25) is 24.2 Å². The molecule has 0 spiro atoms. The van der Waals surface area contributed by atoms with Gasteiger partial charge in [0.15, 0.2) is 5.96 Å². The van der Waals surface area contributed by atoms with Gasteiger partial charge in [0.25, 0.3) is 0 Å². The summed E-state index contributed by atoms with van der Waals surface area (Å²) >= 11 is 0. The van der Waals surface area contributed by atoms with E-state index in [2.05, 4.69) is 20.9 Å². The molecule has 0 bridgehead atoms. The van der Waals surface area contributed by atoms with Gasteiger partial charge in [-0.1, -0.05) is 44.2 Å². The summed E-state index contributed by atoms with van der Waals surface area (Å²) in [5, 5.41) is 17.3. The number of benzene rings is 1. The normalized spacial score (nSPS) is 13.8. The van der Waals surface area contributed by atoms with Crippen molar-refractivity contribution < 1.29 is 29.1 Å². The number of nitrogens with two attached hydrogens (primary N) is 4. The van der Waals surface area contributed by atoms with E-state index in [1.54, 1.807) is 44.2 Å². The van der Waals surface area contributed by atoms with Gasteiger partial charge in [0.05, 0.1) is 6.04 Å². The average molecular weight is 549 g/mol. The van der Waals surface area contributed by atoms with Gasteiger partial charge in [0.2, 0.25) is 23.6 Å². The predicted octanol–water partition coefficient (Wildman–Crippen LogP) is -1.93. The Hall–Kier alpha value is -4.20. The zero-order valence-corrected chi connectivity index (χ0v) is 22.3. The predicted molar refractivity (Wildman–Crippen MR) is 145 cm³/mol. The summed E-state index contributed by atoms with van der Waals surface area (Å²) in [6.45, 7) is 3.55. The van der Waals surface area contributed by atoms with Crippen molar-refractivity contribution in [2.45, 2.75) is 70.1 Å². The number of aliphatic carboxylic acids is 1. The molecule has 4 unspecified atom stereocenters. The number of carboxylic acids is 1. The maximum Gasteiger partial charge on any atom is 0.326 e. The number of nitrogens with zero attached hydrogens (tertiary/aromatic N) is 1. The van der Waals surface area contributed by atoms with Crippen molar-refractivity contribution in [3.63, 3.8) is 0 Å². The van der Waals surface area contributed by atoms with Crippen molar-refractivity contribution in [1.82, 2.24) is 16.0 Å². The number of hydrogen-bond acceptors (Lipinski definition) is 7. The molecular formula is C25H40N8O6. The first-order chi connectivity index (χ1) is 18.3. The number of carbonyl (C=O) groups is 5. The fourth-order valence-electron chi connectivity index (χ4n) is 3.58. The van der Waals surface area contributed by atoms with E-state index in [1.165, 1.54) is 0 Å². The van der Waals surface area contributed by atoms with Gasteiger partial charge in [-0.2, -0.15) is 0 Å². The van der Waals surface area contributed by atoms with Crippen LogP contribution in [0.2, 0.25) is 0 Å². The van der Waals surface area contributed by atoms with Crippen LogP contribution in [-0.4, -0.2) is 71.4 Å². The van der Waals surface area contributed by atoms with Crippen LogP contribution in [-0.2, 0) is 30.4 Å². The molecule has 0 aromatic heterocycles. The summed E-state index contributed by atoms with van der Waals surface area (Å²) in [4.78, 5) is 65.6. The Labute approximate surface area is 227 Å². The lowest BCUT2D eigenvalue weighted by atomic mass is 10.0. The first-order valence-corrected chi connectivity index (χ1v) is 12.6. The highest BCUT2D eigenvalue weighted by Gasteiger charge is 2.31. The third-order valence-electron chi connectivity index (χ3n) is 5.76. The monoisotopic (exact) mass is 548 g/mol. The van der Waals surface area contributed by atoms with Crippen LogP contribution in [0.4, 0.5) is 0 Å². The van der Waals surface area contributed by atoms with Crippen LogP contribution in [0.3, 0.4) is 0 Å². The van der Waals surface area contributed by atoms with Gasteiger partial charge < -0.3 is 44.0 Å². The molecule has 0 heterocycles. The molecule has 4 atom stereocenters. The van der Waals surface area contributed by atoms with Gasteiger partial charge in [-0.05, 0) is 30.7 Å². The summed E-state index contributed by atoms with van der Waals surface area (Å²) in [5.74, 6) is -4.43. The molecule has 14 nitrogen and oxygen atoms in total. The first-order valence-electron chi connectivity index (χ1n) is 12.6. The number of primary amides is 1. The van der Waals surface area contributed by atoms with Gasteiger partial charge in [-0.25, -0.2) is 4.79 Å². The molecule has 0 aliphatic heterocycles. The third kappa shape index (κ3) is 12.7. The van der Waals surface area contributed by atoms with Crippen molar-refractivity contribution in [3.8, 4) is 0 Å². The number of guanidine groups is 1. The van der Waals surface area contributed by atoms with E-state index in [1.807, 2.05) is 0 Å². The summed E-state index contributed by atoms with van der Waals surface area (Å²) in [5.41, 5.74) is 22.3. The molecule has 1 rings (SSSR count). The van der Waals surface area contributed by atoms with E-state index in [9.17, 15) is 29.1 Å². The minimum atomic E-state index is -1.25. The summed E-state index contributed by atoms with van der Waals surface area (Å²) in [6, 6.07) is 4.23. The molecule has 1 aromatic carbocycles. The van der Waals surface area contributed by atoms with E-state index in [0.717, 1.165) is 0 Å². The Balaban J connectivity index is 3.02. The molecule has 39 heavy (non-hydrogen) atoms. The lowest BCUT2D eigenvalue weighted by molar-refractivity contribution is -0.142. The fourth-order valence-corrected chi connectivity index (χ4v) is 3.58. The van der Waals surface area contributed by atoms with Crippen LogP contribution in [0.1, 0.15) is 45.1 Å². The molecule has 1 aromatic rings. The van der Waals surface area contributed by atoms with Crippen LogP contribution in [0.5, 0.6) is 0 Å². The highest BCUT2D eigenvalue weighted by molar-refractivity contribution is 5.94. The minimum Gasteiger partial charge on any atom is -0.480 e. The Morgan fingerprint density at radius 1 is 0.872 bits per heavy atom. The maximum atomic E-state index is 13.2. The molecule has 0 saturated heterocycles. The summed E-state index contributed by atoms with van der Waals surface area (Å²) in [6.07, 6.45) is 0.317. The Bertz CT molecular complexity index is 1010. The van der Waals surface area contributed by atoms with Gasteiger partial charge in [0.1, 0.15) is 18.1 Å². The molecule has 216 valence electrons. The van der Waals surface area contributed by atoms with Crippen LogP contribution < -0.4 is 38.9 Å². The van der Waals surface area contributed by atoms with E-state index < -0.39 is 59.7 Å². The summed E-state index contributed by atoms with van der Waals surface area (Å²) in [7, 11) is 0. The number of amides is 4. The maximum absolute atomic E-state index is 13.2. The van der Waals surface area contributed by atoms with Gasteiger partial charge in [-0.15, -0.1) is 0 Å². The number of carbonyl (C=O) groups excluding carboxylic acids is 4. The van der Waals surface area contributed by atoms with Crippen molar-refractivity contribution in [2.24, 2.45) is 33.8 Å². The average Bonchev–Trinajstić information content (AvgIpc) is 2.86. The number of rotatable bonds is 17. The van der Waals surface area contributed by atoms with Crippen LogP contribution in [0.25, 0.3) is 0 Å². The summed E-state index contributed by atoms with van der Waals surface area (Å²) < 4.78 is 0. The number of carboxylic acid groups (broad SMARTS) is 1. The fraction of sp³-hybridized carbons (Fsp3) is 0.520. The number of aliphatic imine (C=N–C) groups is 1. The second kappa shape index (κ2) is 16.6. The molecule has 4 amide bonds. The van der Waals surface area contributed by atoms with E-state index in [-0.39, 0.29) is 38.2 Å². The zero-order chi connectivity index (χ0) is 29.5. The molecular weight excluding hydrogens is 508 g/mol. The highest BCUT2D eigenvalue weighted by atomic mass is 16.4. The van der Waals surface area contributed by atoms with Crippen LogP contribution in [0.15, 0.2) is 35.3 Å². The molecule has 14 heteroatoms. The SMILES string of the molecule is CC(C)C(NC(=O)C(N)CCC(N)=O)C(=O)NC(CCCN=C(N)N)C(=O)NC(Cc1ccccc1)C(=O)O. The van der Waals surface area contributed by atoms with Crippen molar-refractivity contribution >= 4 is 35.6 Å². The number of nitrogens with one attached hydrogen (secondary N) is 3. The molecule has 12 N–H and O–H groups in total. The third-order valence-corrected chi connectivity index (χ3v) is 5.76. The largest absolute Gasteiger partial charge is 0.480 e. The van der Waals surface area contributed by atoms with E-state index in [4.69, 9.17) is 22.9 Å². The molecule has 0 aliphatic carbocycles. The quantitative estimate of drug-likeness (QED) is 0.0611. The molecule has 0 aliphatic rings. The lowest BCUT2D eigenvalue weighted by Gasteiger charge is -2.27. The van der Waals surface area contributed by atoms with E-state index >= 15 is 0 Å². The van der Waals surface area contributed by atoms with E-state index in [0.29, 0.717) is 12.0 Å². The van der Waals surface area contributed by atoms with Crippen molar-refractivity contribution in [3.05, 3.63) is 35.9 Å². The standard InChI is InChI=1S/C25H40N8O6/c1-14(2)20(33-21(35)16(26)10-11-19(27)34)23(37)31-17(9-6-12-30-25(28)29)22(36)32-18(24(38)39)13-15-7-4-3-5-8-15/h3-5,7-8,14,16-18,20H,6,9-13,26H2,1-2H3,(H2,27,34)(H,31,37)(H,32,36)(H,33,35)(H,38,39)(H4,28,29,30). The molecule has 0 fully saturated rings. The molecule has 0 saturated carbocycles. The lowest BCUT2D eigenvalue weighted by Crippen LogP contribution is -2.58. The number of hydrogen-bond donors (Lipinski definition) is 8. The second-order valence-electron chi connectivity index (χ2n) is 9.44. The van der Waals surface area contributed by atoms with Gasteiger partial charge in [0, 0.05) is 19.4 Å². The smallest absolute Gasteiger partial charge is 0.326 e. The van der Waals surface area contributed by atoms with Gasteiger partial charge >= 0.3 is 5.97 Å². The van der Waals surface area contributed by atoms with Crippen molar-refractivity contribution in [2.75, 3.05) is 6.54 Å². The van der Waals surface area contributed by atoms with Crippen LogP contribution in [0, 0.1) is 5.92 Å². The Morgan fingerprint density at radius 3 is 2.03 bits per heavy atom. The minimum absolute atomic E-state index is 0.00140. The highest BCUT2D eigenvalue weighted by Crippen LogP contribution is 2.08. The Kier molecular flexibility index (Phi) is 14.0. The first kappa shape index (κ1) is 32.8. The molecule has 0 radical (unpaired) electrons. The zero-order valence-electron chi connectivity index (χ0n) is 22.3. The topological polar surface area (TPSA) is 258 Å². The second-order valence-corrected chi connectivity index (χ2v) is 9.44.